The fourth-order valence-electron chi connectivity index (χ4n) is 2.90. The van der Waals surface area contributed by atoms with Gasteiger partial charge >= 0.3 is 5.97 Å². The molecule has 0 unspecified atom stereocenters. The van der Waals surface area contributed by atoms with E-state index in [1.54, 1.807) is 30.3 Å². The third-order valence-corrected chi connectivity index (χ3v) is 4.39. The van der Waals surface area contributed by atoms with Crippen molar-refractivity contribution in [3.8, 4) is 23.3 Å². The number of hydrogen-bond acceptors (Lipinski definition) is 7. The van der Waals surface area contributed by atoms with Crippen LogP contribution in [-0.2, 0) is 14.3 Å². The third-order valence-electron chi connectivity index (χ3n) is 4.39. The van der Waals surface area contributed by atoms with Crippen molar-refractivity contribution in [3.05, 3.63) is 71.9 Å². The highest BCUT2D eigenvalue weighted by Crippen LogP contribution is 2.28. The zero-order valence-corrected chi connectivity index (χ0v) is 18.1. The second kappa shape index (κ2) is 11.2. The van der Waals surface area contributed by atoms with Crippen LogP contribution in [0, 0.1) is 11.3 Å². The second-order valence-corrected chi connectivity index (χ2v) is 6.60. The van der Waals surface area contributed by atoms with E-state index in [1.807, 2.05) is 31.2 Å². The third kappa shape index (κ3) is 5.98. The van der Waals surface area contributed by atoms with Gasteiger partial charge in [0.05, 0.1) is 25.6 Å². The average Bonchev–Trinajstić information content (AvgIpc) is 3.25. The predicted molar refractivity (Wildman–Crippen MR) is 121 cm³/mol. The fraction of sp³-hybridized carbons (Fsp3) is 0.167. The van der Waals surface area contributed by atoms with Crippen molar-refractivity contribution in [1.29, 1.82) is 5.26 Å². The standard InChI is InChI=1S/C24H22N4O5/c1-3-32-20-11-9-17(13-21(20)31-2)10-12-23(30)33-16-22(29)27-24-18(14-25)15-26-28(24)19-7-5-4-6-8-19/h4-13,15H,3,16H2,1-2H3,(H,27,29)/b12-10+. The highest BCUT2D eigenvalue weighted by atomic mass is 16.5. The molecule has 0 aliphatic heterocycles. The number of rotatable bonds is 9. The number of amides is 1. The number of para-hydroxylation sites is 1. The molecule has 33 heavy (non-hydrogen) atoms. The van der Waals surface area contributed by atoms with Gasteiger partial charge in [0.2, 0.25) is 0 Å². The first-order valence-corrected chi connectivity index (χ1v) is 10.0. The van der Waals surface area contributed by atoms with Gasteiger partial charge in [0.25, 0.3) is 5.91 Å². The molecule has 1 amide bonds. The van der Waals surface area contributed by atoms with Crippen LogP contribution in [-0.4, -0.2) is 42.0 Å². The van der Waals surface area contributed by atoms with E-state index in [0.717, 1.165) is 0 Å². The van der Waals surface area contributed by atoms with Crippen LogP contribution in [0.25, 0.3) is 11.8 Å². The van der Waals surface area contributed by atoms with Gasteiger partial charge in [0, 0.05) is 6.08 Å². The Morgan fingerprint density at radius 1 is 1.18 bits per heavy atom. The zero-order chi connectivity index (χ0) is 23.6. The monoisotopic (exact) mass is 446 g/mol. The Labute approximate surface area is 190 Å². The molecule has 0 saturated heterocycles. The molecule has 3 aromatic rings. The molecule has 9 nitrogen and oxygen atoms in total. The van der Waals surface area contributed by atoms with Gasteiger partial charge in [0.15, 0.2) is 23.9 Å². The molecule has 0 fully saturated rings. The minimum Gasteiger partial charge on any atom is -0.493 e. The number of ether oxygens (including phenoxy) is 3. The number of nitrogens with zero attached hydrogens (tertiary/aromatic N) is 3. The predicted octanol–water partition coefficient (Wildman–Crippen LogP) is 3.35. The van der Waals surface area contributed by atoms with Crippen molar-refractivity contribution in [3.63, 3.8) is 0 Å². The number of benzene rings is 2. The van der Waals surface area contributed by atoms with Crippen LogP contribution in [0.1, 0.15) is 18.1 Å². The first-order valence-electron chi connectivity index (χ1n) is 10.0. The minimum absolute atomic E-state index is 0.183. The summed E-state index contributed by atoms with van der Waals surface area (Å²) in [6.07, 6.45) is 4.09. The molecular formula is C24H22N4O5. The summed E-state index contributed by atoms with van der Waals surface area (Å²) >= 11 is 0. The van der Waals surface area contributed by atoms with Crippen LogP contribution in [0.3, 0.4) is 0 Å². The summed E-state index contributed by atoms with van der Waals surface area (Å²) in [5.41, 5.74) is 1.55. The average molecular weight is 446 g/mol. The van der Waals surface area contributed by atoms with Gasteiger partial charge in [-0.3, -0.25) is 4.79 Å². The zero-order valence-electron chi connectivity index (χ0n) is 18.1. The summed E-state index contributed by atoms with van der Waals surface area (Å²) in [7, 11) is 1.53. The Balaban J connectivity index is 1.60. The second-order valence-electron chi connectivity index (χ2n) is 6.60. The van der Waals surface area contributed by atoms with Gasteiger partial charge < -0.3 is 19.5 Å². The molecule has 1 aromatic heterocycles. The summed E-state index contributed by atoms with van der Waals surface area (Å²) in [4.78, 5) is 24.4. The summed E-state index contributed by atoms with van der Waals surface area (Å²) in [6, 6.07) is 16.2. The van der Waals surface area contributed by atoms with Gasteiger partial charge in [0.1, 0.15) is 11.6 Å². The molecular weight excluding hydrogens is 424 g/mol. The summed E-state index contributed by atoms with van der Waals surface area (Å²) in [6.45, 7) is 1.85. The smallest absolute Gasteiger partial charge is 0.331 e. The van der Waals surface area contributed by atoms with Crippen LogP contribution in [0.5, 0.6) is 11.5 Å². The Morgan fingerprint density at radius 3 is 2.67 bits per heavy atom. The molecule has 0 aliphatic carbocycles. The Bertz CT molecular complexity index is 1200. The summed E-state index contributed by atoms with van der Waals surface area (Å²) < 4.78 is 17.2. The molecule has 0 aliphatic rings. The Hall–Kier alpha value is -4.58. The van der Waals surface area contributed by atoms with Crippen LogP contribution < -0.4 is 14.8 Å². The maximum Gasteiger partial charge on any atom is 0.331 e. The van der Waals surface area contributed by atoms with Crippen LogP contribution in [0.2, 0.25) is 0 Å². The number of methoxy groups -OCH3 is 1. The molecule has 0 bridgehead atoms. The van der Waals surface area contributed by atoms with Gasteiger partial charge in [-0.25, -0.2) is 9.48 Å². The molecule has 0 radical (unpaired) electrons. The number of anilines is 1. The van der Waals surface area contributed by atoms with Gasteiger partial charge in [-0.2, -0.15) is 10.4 Å². The van der Waals surface area contributed by atoms with Gasteiger partial charge in [-0.05, 0) is 42.8 Å². The lowest BCUT2D eigenvalue weighted by Gasteiger charge is -2.10. The van der Waals surface area contributed by atoms with E-state index in [2.05, 4.69) is 10.4 Å². The van der Waals surface area contributed by atoms with Crippen molar-refractivity contribution in [1.82, 2.24) is 9.78 Å². The van der Waals surface area contributed by atoms with E-state index in [4.69, 9.17) is 14.2 Å². The molecule has 3 rings (SSSR count). The molecule has 168 valence electrons. The fourth-order valence-corrected chi connectivity index (χ4v) is 2.90. The SMILES string of the molecule is CCOc1ccc(/C=C/C(=O)OCC(=O)Nc2c(C#N)cnn2-c2ccccc2)cc1OC. The quantitative estimate of drug-likeness (QED) is 0.396. The first-order chi connectivity index (χ1) is 16.0. The van der Waals surface area contributed by atoms with Crippen molar-refractivity contribution < 1.29 is 23.8 Å². The largest absolute Gasteiger partial charge is 0.493 e. The summed E-state index contributed by atoms with van der Waals surface area (Å²) in [5.74, 6) is 0.0310. The van der Waals surface area contributed by atoms with E-state index < -0.39 is 18.5 Å². The van der Waals surface area contributed by atoms with Crippen LogP contribution in [0.15, 0.2) is 60.8 Å². The molecule has 0 atom stereocenters. The molecule has 0 spiro atoms. The molecule has 2 aromatic carbocycles. The molecule has 1 N–H and O–H groups in total. The van der Waals surface area contributed by atoms with Crippen LogP contribution >= 0.6 is 0 Å². The lowest BCUT2D eigenvalue weighted by molar-refractivity contribution is -0.142. The van der Waals surface area contributed by atoms with Gasteiger partial charge in [-0.1, -0.05) is 24.3 Å². The lowest BCUT2D eigenvalue weighted by atomic mass is 10.2. The highest BCUT2D eigenvalue weighted by Gasteiger charge is 2.16. The number of carbonyl (C=O) groups excluding carboxylic acids is 2. The first kappa shape index (κ1) is 23.1. The van der Waals surface area contributed by atoms with Crippen LogP contribution in [0.4, 0.5) is 5.82 Å². The van der Waals surface area contributed by atoms with E-state index >= 15 is 0 Å². The van der Waals surface area contributed by atoms with E-state index in [1.165, 1.54) is 30.1 Å². The molecule has 0 saturated carbocycles. The molecule has 1 heterocycles. The van der Waals surface area contributed by atoms with E-state index in [0.29, 0.717) is 29.4 Å². The maximum atomic E-state index is 12.3. The number of nitrogens with one attached hydrogen (secondary N) is 1. The minimum atomic E-state index is -0.699. The van der Waals surface area contributed by atoms with Crippen molar-refractivity contribution in [2.75, 3.05) is 25.6 Å². The highest BCUT2D eigenvalue weighted by molar-refractivity contribution is 5.95. The number of aromatic nitrogens is 2. The number of hydrogen-bond donors (Lipinski definition) is 1. The van der Waals surface area contributed by atoms with Gasteiger partial charge in [-0.15, -0.1) is 0 Å². The summed E-state index contributed by atoms with van der Waals surface area (Å²) in [5, 5.41) is 16.0. The van der Waals surface area contributed by atoms with E-state index in [9.17, 15) is 14.9 Å². The Morgan fingerprint density at radius 2 is 1.97 bits per heavy atom. The normalized spacial score (nSPS) is 10.5. The van der Waals surface area contributed by atoms with Crippen molar-refractivity contribution in [2.24, 2.45) is 0 Å². The van der Waals surface area contributed by atoms with Crippen molar-refractivity contribution >= 4 is 23.8 Å². The topological polar surface area (TPSA) is 115 Å². The number of nitriles is 1. The van der Waals surface area contributed by atoms with Crippen molar-refractivity contribution in [2.45, 2.75) is 6.92 Å². The van der Waals surface area contributed by atoms with E-state index in [-0.39, 0.29) is 11.4 Å². The Kier molecular flexibility index (Phi) is 7.81. The molecule has 9 heteroatoms. The maximum absolute atomic E-state index is 12.3. The number of carbonyl (C=O) groups is 2. The lowest BCUT2D eigenvalue weighted by Crippen LogP contribution is -2.22. The number of esters is 1.